The molecule has 0 unspecified atom stereocenters. The van der Waals surface area contributed by atoms with Crippen molar-refractivity contribution in [3.05, 3.63) is 21.6 Å². The van der Waals surface area contributed by atoms with Crippen LogP contribution in [0.2, 0.25) is 5.02 Å². The van der Waals surface area contributed by atoms with Gasteiger partial charge in [0.2, 0.25) is 0 Å². The Bertz CT molecular complexity index is 449. The topological polar surface area (TPSA) is 67.2 Å². The van der Waals surface area contributed by atoms with Gasteiger partial charge in [-0.2, -0.15) is 5.10 Å². The van der Waals surface area contributed by atoms with E-state index in [1.807, 2.05) is 0 Å². The summed E-state index contributed by atoms with van der Waals surface area (Å²) in [7, 11) is 0. The number of unbranched alkanes of at least 4 members (excludes halogenated alkanes) is 4. The Kier molecular flexibility index (Phi) is 8.30. The number of halogens is 1. The Morgan fingerprint density at radius 2 is 2.05 bits per heavy atom. The summed E-state index contributed by atoms with van der Waals surface area (Å²) in [4.78, 5) is 12.0. The van der Waals surface area contributed by atoms with Gasteiger partial charge in [-0.25, -0.2) is 4.68 Å². The lowest BCUT2D eigenvalue weighted by molar-refractivity contribution is 0.283. The molecule has 0 saturated heterocycles. The summed E-state index contributed by atoms with van der Waals surface area (Å²) < 4.78 is 1.41. The summed E-state index contributed by atoms with van der Waals surface area (Å²) in [6, 6.07) is 0. The molecule has 1 aromatic heterocycles. The zero-order valence-electron chi connectivity index (χ0n) is 12.1. The van der Waals surface area contributed by atoms with Crippen molar-refractivity contribution in [2.75, 3.05) is 18.5 Å². The molecule has 0 spiro atoms. The Labute approximate surface area is 125 Å². The summed E-state index contributed by atoms with van der Waals surface area (Å²) >= 11 is 6.07. The molecule has 0 amide bonds. The summed E-state index contributed by atoms with van der Waals surface area (Å²) in [6.07, 6.45) is 7.44. The van der Waals surface area contributed by atoms with E-state index in [0.717, 1.165) is 45.1 Å². The van der Waals surface area contributed by atoms with Gasteiger partial charge in [-0.3, -0.25) is 4.79 Å². The highest BCUT2D eigenvalue weighted by molar-refractivity contribution is 6.32. The number of anilines is 1. The second kappa shape index (κ2) is 9.77. The average Bonchev–Trinajstić information content (AvgIpc) is 2.46. The molecule has 20 heavy (non-hydrogen) atoms. The second-order valence-corrected chi connectivity index (χ2v) is 5.20. The monoisotopic (exact) mass is 301 g/mol. The number of aliphatic hydroxyl groups is 1. The van der Waals surface area contributed by atoms with Gasteiger partial charge >= 0.3 is 0 Å². The minimum atomic E-state index is -0.231. The molecular weight excluding hydrogens is 278 g/mol. The molecule has 0 atom stereocenters. The van der Waals surface area contributed by atoms with Crippen molar-refractivity contribution < 1.29 is 5.11 Å². The lowest BCUT2D eigenvalue weighted by atomic mass is 10.2. The van der Waals surface area contributed by atoms with E-state index >= 15 is 0 Å². The maximum atomic E-state index is 12.0. The highest BCUT2D eigenvalue weighted by Gasteiger charge is 2.08. The SMILES string of the molecule is CCCCn1ncc(NCCCCCCO)c(Cl)c1=O. The van der Waals surface area contributed by atoms with Crippen molar-refractivity contribution in [3.63, 3.8) is 0 Å². The Morgan fingerprint density at radius 1 is 1.30 bits per heavy atom. The Morgan fingerprint density at radius 3 is 2.75 bits per heavy atom. The van der Waals surface area contributed by atoms with Crippen LogP contribution in [0.1, 0.15) is 45.4 Å². The largest absolute Gasteiger partial charge is 0.396 e. The molecule has 2 N–H and O–H groups in total. The first-order valence-electron chi connectivity index (χ1n) is 7.31. The summed E-state index contributed by atoms with van der Waals surface area (Å²) in [5, 5.41) is 16.2. The van der Waals surface area contributed by atoms with Gasteiger partial charge in [-0.15, -0.1) is 0 Å². The fraction of sp³-hybridized carbons (Fsp3) is 0.714. The molecule has 0 aliphatic carbocycles. The summed E-state index contributed by atoms with van der Waals surface area (Å²) in [6.45, 7) is 3.68. The van der Waals surface area contributed by atoms with E-state index in [4.69, 9.17) is 16.7 Å². The van der Waals surface area contributed by atoms with Gasteiger partial charge in [0.15, 0.2) is 0 Å². The third-order valence-electron chi connectivity index (χ3n) is 3.11. The van der Waals surface area contributed by atoms with Crippen LogP contribution in [0, 0.1) is 0 Å². The van der Waals surface area contributed by atoms with E-state index in [1.165, 1.54) is 4.68 Å². The quantitative estimate of drug-likeness (QED) is 0.652. The minimum Gasteiger partial charge on any atom is -0.396 e. The number of rotatable bonds is 10. The van der Waals surface area contributed by atoms with Gasteiger partial charge in [0.1, 0.15) is 5.02 Å². The second-order valence-electron chi connectivity index (χ2n) is 4.82. The Hall–Kier alpha value is -1.07. The number of nitrogens with one attached hydrogen (secondary N) is 1. The molecule has 1 heterocycles. The molecule has 1 rings (SSSR count). The first-order valence-corrected chi connectivity index (χ1v) is 7.68. The lowest BCUT2D eigenvalue weighted by Gasteiger charge is -2.10. The number of aromatic nitrogens is 2. The predicted octanol–water partition coefficient (Wildman–Crippen LogP) is 2.66. The molecular formula is C14H24ClN3O2. The van der Waals surface area contributed by atoms with Crippen molar-refractivity contribution >= 4 is 17.3 Å². The molecule has 1 aromatic rings. The number of aryl methyl sites for hydroxylation is 1. The van der Waals surface area contributed by atoms with Crippen molar-refractivity contribution in [3.8, 4) is 0 Å². The van der Waals surface area contributed by atoms with Crippen LogP contribution in [0.4, 0.5) is 5.69 Å². The maximum absolute atomic E-state index is 12.0. The van der Waals surface area contributed by atoms with Crippen LogP contribution >= 0.6 is 11.6 Å². The van der Waals surface area contributed by atoms with Crippen molar-refractivity contribution in [2.24, 2.45) is 0 Å². The number of hydrogen-bond acceptors (Lipinski definition) is 4. The standard InChI is InChI=1S/C14H24ClN3O2/c1-2-3-9-18-14(20)13(15)12(11-17-18)16-8-6-4-5-7-10-19/h11,16,19H,2-10H2,1H3. The molecule has 0 radical (unpaired) electrons. The molecule has 114 valence electrons. The maximum Gasteiger partial charge on any atom is 0.287 e. The highest BCUT2D eigenvalue weighted by atomic mass is 35.5. The molecule has 0 aromatic carbocycles. The van der Waals surface area contributed by atoms with Gasteiger partial charge in [0.05, 0.1) is 11.9 Å². The zero-order valence-corrected chi connectivity index (χ0v) is 12.8. The molecule has 0 bridgehead atoms. The van der Waals surface area contributed by atoms with E-state index in [0.29, 0.717) is 12.2 Å². The van der Waals surface area contributed by atoms with Crippen molar-refractivity contribution in [1.82, 2.24) is 9.78 Å². The van der Waals surface area contributed by atoms with Gasteiger partial charge in [-0.05, 0) is 19.3 Å². The third-order valence-corrected chi connectivity index (χ3v) is 3.47. The molecule has 0 fully saturated rings. The van der Waals surface area contributed by atoms with Crippen LogP contribution < -0.4 is 10.9 Å². The number of hydrogen-bond donors (Lipinski definition) is 2. The molecule has 0 aliphatic heterocycles. The van der Waals surface area contributed by atoms with Crippen LogP contribution in [0.3, 0.4) is 0 Å². The van der Waals surface area contributed by atoms with Crippen molar-refractivity contribution in [2.45, 2.75) is 52.0 Å². The summed E-state index contributed by atoms with van der Waals surface area (Å²) in [5.41, 5.74) is 0.372. The molecule has 0 aliphatic rings. The fourth-order valence-electron chi connectivity index (χ4n) is 1.87. The van der Waals surface area contributed by atoms with E-state index in [-0.39, 0.29) is 17.2 Å². The van der Waals surface area contributed by atoms with E-state index < -0.39 is 0 Å². The predicted molar refractivity (Wildman–Crippen MR) is 82.5 cm³/mol. The lowest BCUT2D eigenvalue weighted by Crippen LogP contribution is -2.24. The van der Waals surface area contributed by atoms with E-state index in [2.05, 4.69) is 17.3 Å². The van der Waals surface area contributed by atoms with E-state index in [1.54, 1.807) is 6.20 Å². The molecule has 0 saturated carbocycles. The van der Waals surface area contributed by atoms with Crippen LogP contribution in [-0.4, -0.2) is 28.0 Å². The fourth-order valence-corrected chi connectivity index (χ4v) is 2.08. The normalized spacial score (nSPS) is 10.8. The highest BCUT2D eigenvalue weighted by Crippen LogP contribution is 2.15. The summed E-state index contributed by atoms with van der Waals surface area (Å²) in [5.74, 6) is 0. The average molecular weight is 302 g/mol. The first-order chi connectivity index (χ1) is 9.70. The van der Waals surface area contributed by atoms with Crippen LogP contribution in [0.15, 0.2) is 11.0 Å². The van der Waals surface area contributed by atoms with Crippen molar-refractivity contribution in [1.29, 1.82) is 0 Å². The van der Waals surface area contributed by atoms with E-state index in [9.17, 15) is 4.79 Å². The van der Waals surface area contributed by atoms with Crippen LogP contribution in [-0.2, 0) is 6.54 Å². The minimum absolute atomic E-state index is 0.214. The van der Waals surface area contributed by atoms with Gasteiger partial charge in [0, 0.05) is 19.7 Å². The number of nitrogens with zero attached hydrogens (tertiary/aromatic N) is 2. The zero-order chi connectivity index (χ0) is 14.8. The van der Waals surface area contributed by atoms with Gasteiger partial charge in [-0.1, -0.05) is 37.8 Å². The third kappa shape index (κ3) is 5.51. The Balaban J connectivity index is 2.47. The number of aliphatic hydroxyl groups excluding tert-OH is 1. The van der Waals surface area contributed by atoms with Gasteiger partial charge in [0.25, 0.3) is 5.56 Å². The first kappa shape index (κ1) is 17.0. The van der Waals surface area contributed by atoms with Crippen LogP contribution in [0.5, 0.6) is 0 Å². The molecule has 5 nitrogen and oxygen atoms in total. The molecule has 6 heteroatoms. The van der Waals surface area contributed by atoms with Crippen LogP contribution in [0.25, 0.3) is 0 Å². The van der Waals surface area contributed by atoms with Gasteiger partial charge < -0.3 is 10.4 Å². The smallest absolute Gasteiger partial charge is 0.287 e.